The van der Waals surface area contributed by atoms with Gasteiger partial charge in [0.1, 0.15) is 5.82 Å². The Kier molecular flexibility index (Phi) is 4.23. The first-order valence-electron chi connectivity index (χ1n) is 6.34. The zero-order chi connectivity index (χ0) is 14.0. The second-order valence-corrected chi connectivity index (χ2v) is 6.79. The van der Waals surface area contributed by atoms with E-state index >= 15 is 0 Å². The molecule has 0 amide bonds. The van der Waals surface area contributed by atoms with Crippen molar-refractivity contribution < 1.29 is 17.9 Å². The standard InChI is InChI=1S/C13H18FNO3S/c1-9(6-10-2-3-10)15-19(17,18)13-7-12(14)5-4-11(13)8-16/h4-5,7,9-10,15-16H,2-3,6,8H2,1H3. The van der Waals surface area contributed by atoms with Gasteiger partial charge in [0.15, 0.2) is 0 Å². The van der Waals surface area contributed by atoms with Crippen LogP contribution in [0.2, 0.25) is 0 Å². The fraction of sp³-hybridized carbons (Fsp3) is 0.538. The molecular weight excluding hydrogens is 269 g/mol. The molecule has 2 rings (SSSR count). The van der Waals surface area contributed by atoms with Gasteiger partial charge in [0.25, 0.3) is 0 Å². The summed E-state index contributed by atoms with van der Waals surface area (Å²) < 4.78 is 40.1. The highest BCUT2D eigenvalue weighted by atomic mass is 32.2. The van der Waals surface area contributed by atoms with E-state index < -0.39 is 22.4 Å². The third-order valence-electron chi connectivity index (χ3n) is 3.23. The van der Waals surface area contributed by atoms with E-state index in [-0.39, 0.29) is 16.5 Å². The van der Waals surface area contributed by atoms with Crippen LogP contribution < -0.4 is 4.72 Å². The Balaban J connectivity index is 2.19. The molecule has 4 nitrogen and oxygen atoms in total. The van der Waals surface area contributed by atoms with Gasteiger partial charge in [-0.05, 0) is 37.0 Å². The van der Waals surface area contributed by atoms with Gasteiger partial charge in [-0.1, -0.05) is 18.9 Å². The van der Waals surface area contributed by atoms with Crippen LogP contribution in [0.5, 0.6) is 0 Å². The number of sulfonamides is 1. The van der Waals surface area contributed by atoms with E-state index in [1.165, 1.54) is 6.07 Å². The molecule has 0 heterocycles. The Morgan fingerprint density at radius 3 is 2.74 bits per heavy atom. The monoisotopic (exact) mass is 287 g/mol. The van der Waals surface area contributed by atoms with Crippen LogP contribution >= 0.6 is 0 Å². The molecule has 106 valence electrons. The molecule has 0 aliphatic heterocycles. The highest BCUT2D eigenvalue weighted by Crippen LogP contribution is 2.33. The van der Waals surface area contributed by atoms with Crippen LogP contribution in [0, 0.1) is 11.7 Å². The topological polar surface area (TPSA) is 66.4 Å². The molecular formula is C13H18FNO3S. The first-order valence-corrected chi connectivity index (χ1v) is 7.82. The lowest BCUT2D eigenvalue weighted by Crippen LogP contribution is -2.33. The summed E-state index contributed by atoms with van der Waals surface area (Å²) in [6.45, 7) is 1.36. The van der Waals surface area contributed by atoms with Crippen LogP contribution in [0.25, 0.3) is 0 Å². The van der Waals surface area contributed by atoms with Crippen molar-refractivity contribution in [1.82, 2.24) is 4.72 Å². The molecule has 1 unspecified atom stereocenters. The summed E-state index contributed by atoms with van der Waals surface area (Å²) in [4.78, 5) is -0.183. The van der Waals surface area contributed by atoms with Gasteiger partial charge in [0.05, 0.1) is 11.5 Å². The van der Waals surface area contributed by atoms with Gasteiger partial charge in [-0.3, -0.25) is 0 Å². The summed E-state index contributed by atoms with van der Waals surface area (Å²) in [5.41, 5.74) is 0.201. The van der Waals surface area contributed by atoms with Crippen molar-refractivity contribution >= 4 is 10.0 Å². The van der Waals surface area contributed by atoms with Crippen molar-refractivity contribution in [1.29, 1.82) is 0 Å². The average molecular weight is 287 g/mol. The zero-order valence-electron chi connectivity index (χ0n) is 10.8. The minimum atomic E-state index is -3.79. The van der Waals surface area contributed by atoms with Gasteiger partial charge in [0, 0.05) is 6.04 Å². The van der Waals surface area contributed by atoms with E-state index in [1.807, 2.05) is 0 Å². The summed E-state index contributed by atoms with van der Waals surface area (Å²) in [7, 11) is -3.79. The van der Waals surface area contributed by atoms with E-state index in [2.05, 4.69) is 4.72 Å². The summed E-state index contributed by atoms with van der Waals surface area (Å²) in [6, 6.07) is 3.18. The second kappa shape index (κ2) is 5.56. The molecule has 0 spiro atoms. The minimum Gasteiger partial charge on any atom is -0.392 e. The first-order chi connectivity index (χ1) is 8.92. The molecule has 0 saturated heterocycles. The summed E-state index contributed by atoms with van der Waals surface area (Å²) >= 11 is 0. The first kappa shape index (κ1) is 14.4. The van der Waals surface area contributed by atoms with Crippen molar-refractivity contribution in [3.63, 3.8) is 0 Å². The molecule has 1 fully saturated rings. The molecule has 19 heavy (non-hydrogen) atoms. The fourth-order valence-corrected chi connectivity index (χ4v) is 3.64. The quantitative estimate of drug-likeness (QED) is 0.838. The van der Waals surface area contributed by atoms with Crippen molar-refractivity contribution in [2.75, 3.05) is 0 Å². The maximum absolute atomic E-state index is 13.2. The van der Waals surface area contributed by atoms with E-state index in [1.54, 1.807) is 6.92 Å². The van der Waals surface area contributed by atoms with E-state index in [9.17, 15) is 12.8 Å². The SMILES string of the molecule is CC(CC1CC1)NS(=O)(=O)c1cc(F)ccc1CO. The number of hydrogen-bond acceptors (Lipinski definition) is 3. The lowest BCUT2D eigenvalue weighted by molar-refractivity contribution is 0.278. The number of aliphatic hydroxyl groups excluding tert-OH is 1. The van der Waals surface area contributed by atoms with E-state index in [4.69, 9.17) is 5.11 Å². The fourth-order valence-electron chi connectivity index (χ4n) is 2.14. The number of halogens is 1. The molecule has 6 heteroatoms. The predicted octanol–water partition coefficient (Wildman–Crippen LogP) is 1.78. The number of nitrogens with one attached hydrogen (secondary N) is 1. The van der Waals surface area contributed by atoms with Gasteiger partial charge < -0.3 is 5.11 Å². The molecule has 1 saturated carbocycles. The van der Waals surface area contributed by atoms with E-state index in [0.29, 0.717) is 5.92 Å². The number of hydrogen-bond donors (Lipinski definition) is 2. The summed E-state index contributed by atoms with van der Waals surface area (Å²) in [5.74, 6) is -0.0325. The van der Waals surface area contributed by atoms with Crippen molar-refractivity contribution in [3.05, 3.63) is 29.6 Å². The lowest BCUT2D eigenvalue weighted by Gasteiger charge is -2.15. The molecule has 1 aromatic carbocycles. The highest BCUT2D eigenvalue weighted by molar-refractivity contribution is 7.89. The zero-order valence-corrected chi connectivity index (χ0v) is 11.6. The molecule has 0 aromatic heterocycles. The van der Waals surface area contributed by atoms with Crippen LogP contribution in [-0.4, -0.2) is 19.6 Å². The maximum atomic E-state index is 13.2. The molecule has 1 aromatic rings. The molecule has 0 radical (unpaired) electrons. The van der Waals surface area contributed by atoms with Gasteiger partial charge >= 0.3 is 0 Å². The van der Waals surface area contributed by atoms with Crippen LogP contribution in [0.3, 0.4) is 0 Å². The summed E-state index contributed by atoms with van der Waals surface area (Å²) in [6.07, 6.45) is 3.09. The largest absolute Gasteiger partial charge is 0.392 e. The number of rotatable bonds is 6. The normalized spacial score (nSPS) is 17.4. The Bertz CT molecular complexity index is 555. The number of aliphatic hydroxyl groups is 1. The Morgan fingerprint density at radius 2 is 2.16 bits per heavy atom. The molecule has 0 bridgehead atoms. The summed E-state index contributed by atoms with van der Waals surface area (Å²) in [5, 5.41) is 9.15. The van der Waals surface area contributed by atoms with Gasteiger partial charge in [-0.2, -0.15) is 0 Å². The Morgan fingerprint density at radius 1 is 1.47 bits per heavy atom. The van der Waals surface area contributed by atoms with Crippen molar-refractivity contribution in [2.24, 2.45) is 5.92 Å². The molecule has 1 atom stereocenters. The van der Waals surface area contributed by atoms with Crippen LogP contribution in [0.1, 0.15) is 31.7 Å². The smallest absolute Gasteiger partial charge is 0.241 e. The average Bonchev–Trinajstić information content (AvgIpc) is 3.12. The van der Waals surface area contributed by atoms with Crippen LogP contribution in [0.4, 0.5) is 4.39 Å². The lowest BCUT2D eigenvalue weighted by atomic mass is 10.2. The third kappa shape index (κ3) is 3.75. The van der Waals surface area contributed by atoms with Crippen molar-refractivity contribution in [3.8, 4) is 0 Å². The van der Waals surface area contributed by atoms with E-state index in [0.717, 1.165) is 31.4 Å². The van der Waals surface area contributed by atoms with Crippen LogP contribution in [0.15, 0.2) is 23.1 Å². The highest BCUT2D eigenvalue weighted by Gasteiger charge is 2.27. The second-order valence-electron chi connectivity index (χ2n) is 5.11. The minimum absolute atomic E-state index is 0.183. The predicted molar refractivity (Wildman–Crippen MR) is 69.4 cm³/mol. The van der Waals surface area contributed by atoms with Crippen molar-refractivity contribution in [2.45, 2.75) is 43.7 Å². The van der Waals surface area contributed by atoms with Gasteiger partial charge in [-0.15, -0.1) is 0 Å². The Hall–Kier alpha value is -0.980. The van der Waals surface area contributed by atoms with Gasteiger partial charge in [-0.25, -0.2) is 17.5 Å². The van der Waals surface area contributed by atoms with Crippen LogP contribution in [-0.2, 0) is 16.6 Å². The Labute approximate surface area is 112 Å². The number of benzene rings is 1. The maximum Gasteiger partial charge on any atom is 0.241 e. The molecule has 1 aliphatic rings. The molecule has 1 aliphatic carbocycles. The molecule has 2 N–H and O–H groups in total. The van der Waals surface area contributed by atoms with Gasteiger partial charge in [0.2, 0.25) is 10.0 Å². The third-order valence-corrected chi connectivity index (χ3v) is 4.90.